The van der Waals surface area contributed by atoms with Gasteiger partial charge >= 0.3 is 5.97 Å². The highest BCUT2D eigenvalue weighted by Gasteiger charge is 2.09. The molecule has 0 saturated carbocycles. The molecule has 0 aliphatic carbocycles. The number of hydrogen-bond donors (Lipinski definition) is 2. The van der Waals surface area contributed by atoms with Crippen molar-refractivity contribution in [3.8, 4) is 0 Å². The first-order chi connectivity index (χ1) is 8.08. The van der Waals surface area contributed by atoms with Crippen molar-refractivity contribution in [2.24, 2.45) is 0 Å². The largest absolute Gasteiger partial charge is 0.478 e. The fraction of sp³-hybridized carbons (Fsp3) is 0. The number of H-pyrrole nitrogens is 1. The van der Waals surface area contributed by atoms with E-state index in [1.807, 2.05) is 0 Å². The number of halogens is 1. The molecule has 0 fully saturated rings. The summed E-state index contributed by atoms with van der Waals surface area (Å²) in [5.74, 6) is -1.51. The van der Waals surface area contributed by atoms with Crippen LogP contribution >= 0.6 is 11.6 Å². The van der Waals surface area contributed by atoms with Gasteiger partial charge in [0.2, 0.25) is 0 Å². The minimum Gasteiger partial charge on any atom is -0.478 e. The summed E-state index contributed by atoms with van der Waals surface area (Å²) in [5.41, 5.74) is 1.17. The van der Waals surface area contributed by atoms with Crippen molar-refractivity contribution in [3.63, 3.8) is 0 Å². The van der Waals surface area contributed by atoms with Crippen LogP contribution in [-0.4, -0.2) is 21.8 Å². The van der Waals surface area contributed by atoms with Gasteiger partial charge in [-0.05, 0) is 18.2 Å². The van der Waals surface area contributed by atoms with Crippen molar-refractivity contribution in [2.75, 3.05) is 0 Å². The number of fused-ring (bicyclic) bond motifs is 1. The number of carboxylic acids is 1. The van der Waals surface area contributed by atoms with E-state index in [2.05, 4.69) is 4.98 Å². The van der Waals surface area contributed by atoms with E-state index >= 15 is 0 Å². The molecule has 0 unspecified atom stereocenters. The number of aromatic amines is 1. The lowest BCUT2D eigenvalue weighted by Gasteiger charge is -1.94. The topological polar surface area (TPSA) is 70.2 Å². The molecule has 0 bridgehead atoms. The maximum absolute atomic E-state index is 11.7. The number of nitrogens with one attached hydrogen (secondary N) is 1. The van der Waals surface area contributed by atoms with Crippen LogP contribution in [0, 0.1) is 0 Å². The van der Waals surface area contributed by atoms with E-state index in [-0.39, 0.29) is 5.78 Å². The van der Waals surface area contributed by atoms with Crippen LogP contribution in [0.4, 0.5) is 0 Å². The van der Waals surface area contributed by atoms with E-state index in [0.717, 1.165) is 23.1 Å². The normalized spacial score (nSPS) is 11.1. The van der Waals surface area contributed by atoms with Crippen molar-refractivity contribution in [3.05, 3.63) is 47.1 Å². The summed E-state index contributed by atoms with van der Waals surface area (Å²) in [7, 11) is 0. The Morgan fingerprint density at radius 1 is 1.29 bits per heavy atom. The van der Waals surface area contributed by atoms with Crippen LogP contribution in [0.2, 0.25) is 5.02 Å². The van der Waals surface area contributed by atoms with Crippen LogP contribution in [0.5, 0.6) is 0 Å². The number of carbonyl (C=O) groups is 2. The van der Waals surface area contributed by atoms with Gasteiger partial charge in [0.1, 0.15) is 0 Å². The van der Waals surface area contributed by atoms with Crippen LogP contribution in [0.3, 0.4) is 0 Å². The van der Waals surface area contributed by atoms with E-state index in [9.17, 15) is 9.59 Å². The third-order valence-electron chi connectivity index (χ3n) is 2.29. The predicted octanol–water partition coefficient (Wildman–Crippen LogP) is 2.64. The second-order valence-electron chi connectivity index (χ2n) is 3.43. The Kier molecular flexibility index (Phi) is 2.97. The number of allylic oxidation sites excluding steroid dienone is 1. The van der Waals surface area contributed by atoms with Crippen molar-refractivity contribution in [2.45, 2.75) is 0 Å². The van der Waals surface area contributed by atoms with Crippen LogP contribution in [0.25, 0.3) is 10.9 Å². The highest BCUT2D eigenvalue weighted by Crippen LogP contribution is 2.22. The van der Waals surface area contributed by atoms with E-state index in [4.69, 9.17) is 16.7 Å². The summed E-state index contributed by atoms with van der Waals surface area (Å²) in [5, 5.41) is 9.73. The monoisotopic (exact) mass is 249 g/mol. The standard InChI is InChI=1S/C12H8ClNO3/c13-7-1-2-8-9(6-14-10(8)5-7)11(15)3-4-12(16)17/h1-6,14H,(H,16,17). The van der Waals surface area contributed by atoms with E-state index in [1.54, 1.807) is 18.2 Å². The van der Waals surface area contributed by atoms with Gasteiger partial charge in [0, 0.05) is 33.8 Å². The molecule has 1 heterocycles. The number of rotatable bonds is 3. The summed E-state index contributed by atoms with van der Waals surface area (Å²) < 4.78 is 0. The second-order valence-corrected chi connectivity index (χ2v) is 3.86. The fourth-order valence-corrected chi connectivity index (χ4v) is 1.71. The molecule has 1 aromatic carbocycles. The maximum atomic E-state index is 11.7. The van der Waals surface area contributed by atoms with E-state index in [0.29, 0.717) is 10.6 Å². The molecule has 0 aliphatic rings. The molecule has 4 nitrogen and oxygen atoms in total. The second kappa shape index (κ2) is 4.43. The Bertz CT molecular complexity index is 628. The molecular formula is C12H8ClNO3. The molecule has 2 rings (SSSR count). The Morgan fingerprint density at radius 3 is 2.76 bits per heavy atom. The summed E-state index contributed by atoms with van der Waals surface area (Å²) >= 11 is 5.81. The molecule has 0 spiro atoms. The number of hydrogen-bond acceptors (Lipinski definition) is 2. The third kappa shape index (κ3) is 2.37. The molecule has 2 N–H and O–H groups in total. The minimum atomic E-state index is -1.15. The predicted molar refractivity (Wildman–Crippen MR) is 64.4 cm³/mol. The summed E-state index contributed by atoms with van der Waals surface area (Å²) in [6, 6.07) is 5.10. The molecule has 1 aromatic heterocycles. The third-order valence-corrected chi connectivity index (χ3v) is 2.52. The van der Waals surface area contributed by atoms with Gasteiger partial charge in [0.15, 0.2) is 5.78 Å². The van der Waals surface area contributed by atoms with Crippen LogP contribution in [0.15, 0.2) is 36.5 Å². The van der Waals surface area contributed by atoms with Crippen LogP contribution < -0.4 is 0 Å². The van der Waals surface area contributed by atoms with Crippen molar-refractivity contribution in [1.29, 1.82) is 0 Å². The van der Waals surface area contributed by atoms with Crippen molar-refractivity contribution in [1.82, 2.24) is 4.98 Å². The molecule has 0 aliphatic heterocycles. The van der Waals surface area contributed by atoms with E-state index < -0.39 is 5.97 Å². The first kappa shape index (κ1) is 11.4. The zero-order chi connectivity index (χ0) is 12.4. The number of carboxylic acid groups (broad SMARTS) is 1. The molecule has 0 radical (unpaired) electrons. The van der Waals surface area contributed by atoms with Crippen LogP contribution in [-0.2, 0) is 4.79 Å². The molecule has 5 heteroatoms. The zero-order valence-corrected chi connectivity index (χ0v) is 9.36. The average Bonchev–Trinajstić information content (AvgIpc) is 2.68. The van der Waals surface area contributed by atoms with Gasteiger partial charge in [0.25, 0.3) is 0 Å². The molecule has 86 valence electrons. The summed E-state index contributed by atoms with van der Waals surface area (Å²) in [6.45, 7) is 0. The average molecular weight is 250 g/mol. The minimum absolute atomic E-state index is 0.360. The Labute approximate surface area is 102 Å². The molecular weight excluding hydrogens is 242 g/mol. The Hall–Kier alpha value is -2.07. The number of benzene rings is 1. The lowest BCUT2D eigenvalue weighted by Crippen LogP contribution is -1.95. The van der Waals surface area contributed by atoms with Gasteiger partial charge in [-0.25, -0.2) is 4.79 Å². The van der Waals surface area contributed by atoms with Gasteiger partial charge in [0.05, 0.1) is 0 Å². The molecule has 0 saturated heterocycles. The molecule has 2 aromatic rings. The smallest absolute Gasteiger partial charge is 0.328 e. The molecule has 0 amide bonds. The van der Waals surface area contributed by atoms with Gasteiger partial charge in [-0.2, -0.15) is 0 Å². The quantitative estimate of drug-likeness (QED) is 0.649. The highest BCUT2D eigenvalue weighted by atomic mass is 35.5. The first-order valence-corrected chi connectivity index (χ1v) is 5.17. The first-order valence-electron chi connectivity index (χ1n) is 4.80. The number of carbonyl (C=O) groups excluding carboxylic acids is 1. The van der Waals surface area contributed by atoms with Crippen LogP contribution in [0.1, 0.15) is 10.4 Å². The lowest BCUT2D eigenvalue weighted by atomic mass is 10.1. The van der Waals surface area contributed by atoms with Crippen molar-refractivity contribution < 1.29 is 14.7 Å². The van der Waals surface area contributed by atoms with Gasteiger partial charge in [-0.1, -0.05) is 17.7 Å². The number of aliphatic carboxylic acids is 1. The number of aromatic nitrogens is 1. The fourth-order valence-electron chi connectivity index (χ4n) is 1.54. The number of ketones is 1. The highest BCUT2D eigenvalue weighted by molar-refractivity contribution is 6.31. The van der Waals surface area contributed by atoms with E-state index in [1.165, 1.54) is 6.20 Å². The van der Waals surface area contributed by atoms with Gasteiger partial charge < -0.3 is 10.1 Å². The zero-order valence-electron chi connectivity index (χ0n) is 8.61. The Morgan fingerprint density at radius 2 is 2.06 bits per heavy atom. The maximum Gasteiger partial charge on any atom is 0.328 e. The lowest BCUT2D eigenvalue weighted by molar-refractivity contribution is -0.131. The summed E-state index contributed by atoms with van der Waals surface area (Å²) in [6.07, 6.45) is 3.38. The molecule has 17 heavy (non-hydrogen) atoms. The molecule has 0 atom stereocenters. The summed E-state index contributed by atoms with van der Waals surface area (Å²) in [4.78, 5) is 24.9. The van der Waals surface area contributed by atoms with Gasteiger partial charge in [-0.15, -0.1) is 0 Å². The van der Waals surface area contributed by atoms with Crippen molar-refractivity contribution >= 4 is 34.3 Å². The Balaban J connectivity index is 2.43. The SMILES string of the molecule is O=C(O)C=CC(=O)c1c[nH]c2cc(Cl)ccc12. The van der Waals surface area contributed by atoms with Gasteiger partial charge in [-0.3, -0.25) is 4.79 Å².